The average Bonchev–Trinajstić information content (AvgIpc) is 3.26. The molecule has 3 aliphatic rings. The third-order valence-electron chi connectivity index (χ3n) is 8.39. The van der Waals surface area contributed by atoms with Crippen molar-refractivity contribution in [1.29, 1.82) is 0 Å². The number of carbonyl (C=O) groups is 1. The van der Waals surface area contributed by atoms with Gasteiger partial charge in [0, 0.05) is 41.1 Å². The molecule has 0 saturated heterocycles. The van der Waals surface area contributed by atoms with Gasteiger partial charge in [-0.1, -0.05) is 13.8 Å². The van der Waals surface area contributed by atoms with Gasteiger partial charge in [0.15, 0.2) is 5.71 Å². The van der Waals surface area contributed by atoms with Crippen molar-refractivity contribution in [2.75, 3.05) is 32.2 Å². The summed E-state index contributed by atoms with van der Waals surface area (Å²) in [6.07, 6.45) is 3.74. The fourth-order valence-electron chi connectivity index (χ4n) is 6.15. The van der Waals surface area contributed by atoms with Gasteiger partial charge in [-0.3, -0.25) is 4.79 Å². The smallest absolute Gasteiger partial charge is 0.210 e. The van der Waals surface area contributed by atoms with E-state index in [4.69, 9.17) is 9.47 Å². The molecule has 2 aromatic rings. The van der Waals surface area contributed by atoms with Crippen LogP contribution in [0.3, 0.4) is 0 Å². The number of Topliss-reactive ketones (excluding diaryl/α,β-unsaturated/α-hetero) is 1. The molecule has 1 aliphatic carbocycles. The van der Waals surface area contributed by atoms with Gasteiger partial charge in [-0.05, 0) is 69.7 Å². The SMILES string of the molecule is CCN1C(=CC2=C(O)C(=CC3=[N+](CC)c4ccc(OC)cc4C3(C)C)C2=O)C(C)(C)c2cc(OC)ccc21.[OH-]. The zero-order chi connectivity index (χ0) is 27.6. The molecule has 0 atom stereocenters. The molecule has 206 valence electrons. The molecule has 2 aromatic carbocycles. The Morgan fingerprint density at radius 3 is 2.10 bits per heavy atom. The van der Waals surface area contributed by atoms with E-state index in [2.05, 4.69) is 75.3 Å². The largest absolute Gasteiger partial charge is 0.870 e. The number of hydrogen-bond acceptors (Lipinski definition) is 6. The predicted octanol–water partition coefficient (Wildman–Crippen LogP) is 5.95. The van der Waals surface area contributed by atoms with Crippen molar-refractivity contribution in [3.05, 3.63) is 82.3 Å². The number of allylic oxidation sites excluding steroid dienone is 5. The topological polar surface area (TPSA) is 92.0 Å². The van der Waals surface area contributed by atoms with Crippen LogP contribution >= 0.6 is 0 Å². The zero-order valence-electron chi connectivity index (χ0n) is 24.0. The maximum atomic E-state index is 13.5. The van der Waals surface area contributed by atoms with Crippen molar-refractivity contribution >= 4 is 22.9 Å². The molecule has 2 N–H and O–H groups in total. The Morgan fingerprint density at radius 2 is 1.54 bits per heavy atom. The number of ether oxygens (including phenoxy) is 2. The monoisotopic (exact) mass is 530 g/mol. The number of benzene rings is 2. The minimum Gasteiger partial charge on any atom is -0.870 e. The third-order valence-corrected chi connectivity index (χ3v) is 8.39. The molecule has 5 rings (SSSR count). The van der Waals surface area contributed by atoms with Gasteiger partial charge in [-0.25, -0.2) is 0 Å². The molecule has 0 aromatic heterocycles. The van der Waals surface area contributed by atoms with Crippen LogP contribution in [0.5, 0.6) is 11.5 Å². The average molecular weight is 531 g/mol. The quantitative estimate of drug-likeness (QED) is 0.367. The van der Waals surface area contributed by atoms with E-state index in [0.29, 0.717) is 11.1 Å². The number of aliphatic hydroxyl groups excluding tert-OH is 1. The Kier molecular flexibility index (Phi) is 7.02. The number of rotatable bonds is 6. The van der Waals surface area contributed by atoms with Gasteiger partial charge < -0.3 is 25.0 Å². The Bertz CT molecular complexity index is 1490. The highest BCUT2D eigenvalue weighted by Gasteiger charge is 2.47. The summed E-state index contributed by atoms with van der Waals surface area (Å²) in [4.78, 5) is 15.7. The highest BCUT2D eigenvalue weighted by atomic mass is 16.5. The fourth-order valence-corrected chi connectivity index (χ4v) is 6.15. The fraction of sp³-hybridized carbons (Fsp3) is 0.375. The van der Waals surface area contributed by atoms with Crippen LogP contribution in [0.15, 0.2) is 71.2 Å². The first-order valence-electron chi connectivity index (χ1n) is 13.2. The van der Waals surface area contributed by atoms with E-state index < -0.39 is 0 Å². The molecule has 0 amide bonds. The van der Waals surface area contributed by atoms with Gasteiger partial charge >= 0.3 is 0 Å². The van der Waals surface area contributed by atoms with E-state index in [1.54, 1.807) is 14.2 Å². The van der Waals surface area contributed by atoms with E-state index in [1.807, 2.05) is 24.3 Å². The maximum absolute atomic E-state index is 13.5. The third kappa shape index (κ3) is 3.98. The number of carbonyl (C=O) groups excluding carboxylic acids is 1. The maximum Gasteiger partial charge on any atom is 0.210 e. The number of hydrogen-bond donors (Lipinski definition) is 1. The second kappa shape index (κ2) is 9.72. The normalized spacial score (nSPS) is 20.7. The second-order valence-electron chi connectivity index (χ2n) is 11.1. The summed E-state index contributed by atoms with van der Waals surface area (Å²) >= 11 is 0. The Balaban J connectivity index is 0.00000353. The zero-order valence-corrected chi connectivity index (χ0v) is 24.0. The summed E-state index contributed by atoms with van der Waals surface area (Å²) in [5.41, 5.74) is 6.47. The van der Waals surface area contributed by atoms with Crippen LogP contribution in [0.25, 0.3) is 0 Å². The van der Waals surface area contributed by atoms with Crippen molar-refractivity contribution in [3.63, 3.8) is 0 Å². The van der Waals surface area contributed by atoms with Crippen LogP contribution in [-0.4, -0.2) is 54.0 Å². The Hall–Kier alpha value is -3.84. The van der Waals surface area contributed by atoms with Gasteiger partial charge in [0.25, 0.3) is 0 Å². The summed E-state index contributed by atoms with van der Waals surface area (Å²) in [6.45, 7) is 14.3. The van der Waals surface area contributed by atoms with Crippen molar-refractivity contribution in [2.45, 2.75) is 52.4 Å². The van der Waals surface area contributed by atoms with Crippen LogP contribution in [-0.2, 0) is 15.6 Å². The molecule has 7 nitrogen and oxygen atoms in total. The Morgan fingerprint density at radius 1 is 0.923 bits per heavy atom. The van der Waals surface area contributed by atoms with Crippen LogP contribution in [0, 0.1) is 0 Å². The molecule has 0 radical (unpaired) electrons. The van der Waals surface area contributed by atoms with Crippen molar-refractivity contribution < 1.29 is 29.4 Å². The predicted molar refractivity (Wildman–Crippen MR) is 153 cm³/mol. The van der Waals surface area contributed by atoms with E-state index >= 15 is 0 Å². The number of ketones is 1. The van der Waals surface area contributed by atoms with Gasteiger partial charge in [0.2, 0.25) is 11.5 Å². The van der Waals surface area contributed by atoms with Crippen molar-refractivity contribution in [2.24, 2.45) is 0 Å². The molecular weight excluding hydrogens is 492 g/mol. The molecule has 0 fully saturated rings. The summed E-state index contributed by atoms with van der Waals surface area (Å²) in [7, 11) is 3.33. The number of likely N-dealkylation sites (N-methyl/N-ethyl adjacent to an activating group) is 1. The van der Waals surface area contributed by atoms with Gasteiger partial charge in [0.1, 0.15) is 23.8 Å². The number of anilines is 1. The molecule has 2 aliphatic heterocycles. The highest BCUT2D eigenvalue weighted by Crippen LogP contribution is 2.50. The lowest BCUT2D eigenvalue weighted by molar-refractivity contribution is -0.433. The molecule has 0 unspecified atom stereocenters. The van der Waals surface area contributed by atoms with E-state index in [9.17, 15) is 9.90 Å². The lowest BCUT2D eigenvalue weighted by Crippen LogP contribution is -2.32. The second-order valence-corrected chi connectivity index (χ2v) is 11.1. The molecule has 0 saturated carbocycles. The van der Waals surface area contributed by atoms with Gasteiger partial charge in [-0.2, -0.15) is 4.58 Å². The summed E-state index contributed by atoms with van der Waals surface area (Å²) in [6, 6.07) is 12.2. The Labute approximate surface area is 230 Å². The summed E-state index contributed by atoms with van der Waals surface area (Å²) in [5, 5.41) is 11.2. The van der Waals surface area contributed by atoms with Crippen molar-refractivity contribution in [3.8, 4) is 11.5 Å². The van der Waals surface area contributed by atoms with Crippen molar-refractivity contribution in [1.82, 2.24) is 0 Å². The molecular formula is C32H38N2O5. The van der Waals surface area contributed by atoms with Gasteiger partial charge in [0.05, 0.1) is 30.8 Å². The van der Waals surface area contributed by atoms with E-state index in [-0.39, 0.29) is 27.8 Å². The standard InChI is InChI=1S/C32H36N2O4.H2O/c1-9-33-25-13-11-19(37-7)15-23(25)31(3,4)27(33)17-21-29(35)22(30(21)36)18-28-32(5,6)24-16-20(38-8)12-14-26(24)34(28)10-2;/h11-18H,9-10H2,1-8H3;1H2. The first-order chi connectivity index (χ1) is 18.0. The molecule has 0 bridgehead atoms. The van der Waals surface area contributed by atoms with Crippen LogP contribution in [0.1, 0.15) is 52.7 Å². The number of fused-ring (bicyclic) bond motifs is 2. The molecule has 7 heteroatoms. The summed E-state index contributed by atoms with van der Waals surface area (Å²) in [5.74, 6) is 1.52. The molecule has 2 heterocycles. The number of aliphatic hydroxyl groups is 1. The molecule has 39 heavy (non-hydrogen) atoms. The molecule has 0 spiro atoms. The number of methoxy groups -OCH3 is 2. The van der Waals surface area contributed by atoms with Crippen LogP contribution < -0.4 is 14.4 Å². The summed E-state index contributed by atoms with van der Waals surface area (Å²) < 4.78 is 13.2. The first kappa shape index (κ1) is 28.2. The minimum absolute atomic E-state index is 0. The van der Waals surface area contributed by atoms with E-state index in [0.717, 1.165) is 58.5 Å². The highest BCUT2D eigenvalue weighted by molar-refractivity contribution is 6.24. The minimum atomic E-state index is -0.352. The van der Waals surface area contributed by atoms with Crippen LogP contribution in [0.4, 0.5) is 11.4 Å². The lowest BCUT2D eigenvalue weighted by Gasteiger charge is -2.28. The first-order valence-corrected chi connectivity index (χ1v) is 13.2. The van der Waals surface area contributed by atoms with Crippen LogP contribution in [0.2, 0.25) is 0 Å². The van der Waals surface area contributed by atoms with Gasteiger partial charge in [-0.15, -0.1) is 0 Å². The number of nitrogens with zero attached hydrogens (tertiary/aromatic N) is 2. The van der Waals surface area contributed by atoms with E-state index in [1.165, 1.54) is 0 Å². The lowest BCUT2D eigenvalue weighted by atomic mass is 9.77.